The molecule has 1 aromatic heterocycles. The van der Waals surface area contributed by atoms with Crippen molar-refractivity contribution in [1.29, 1.82) is 0 Å². The number of fused-ring (bicyclic) bond motifs is 1. The van der Waals surface area contributed by atoms with E-state index in [9.17, 15) is 4.39 Å². The quantitative estimate of drug-likeness (QED) is 0.640. The molecule has 3 rings (SSSR count). The maximum atomic E-state index is 13.7. The molecule has 1 heterocycles. The summed E-state index contributed by atoms with van der Waals surface area (Å²) in [6, 6.07) is 9.88. The molecule has 0 N–H and O–H groups in total. The van der Waals surface area contributed by atoms with Gasteiger partial charge in [0.05, 0.1) is 5.56 Å². The van der Waals surface area contributed by atoms with Gasteiger partial charge < -0.3 is 4.42 Å². The molecule has 2 nitrogen and oxygen atoms in total. The van der Waals surface area contributed by atoms with Crippen LogP contribution in [0.15, 0.2) is 40.8 Å². The summed E-state index contributed by atoms with van der Waals surface area (Å²) in [6.07, 6.45) is 0. The van der Waals surface area contributed by atoms with E-state index in [1.54, 1.807) is 30.3 Å². The Morgan fingerprint density at radius 3 is 2.78 bits per heavy atom. The van der Waals surface area contributed by atoms with Crippen LogP contribution in [0.5, 0.6) is 0 Å². The molecular formula is C14H9ClFNO. The Labute approximate surface area is 108 Å². The van der Waals surface area contributed by atoms with Gasteiger partial charge in [-0.25, -0.2) is 9.37 Å². The van der Waals surface area contributed by atoms with Crippen LogP contribution in [0.1, 0.15) is 5.56 Å². The first-order valence-electron chi connectivity index (χ1n) is 5.47. The van der Waals surface area contributed by atoms with Crippen molar-refractivity contribution in [2.75, 3.05) is 0 Å². The summed E-state index contributed by atoms with van der Waals surface area (Å²) in [5.41, 5.74) is 2.51. The fraction of sp³-hybridized carbons (Fsp3) is 0.0714. The Morgan fingerprint density at radius 2 is 2.00 bits per heavy atom. The third kappa shape index (κ3) is 1.77. The van der Waals surface area contributed by atoms with Crippen molar-refractivity contribution in [3.63, 3.8) is 0 Å². The molecule has 0 saturated carbocycles. The van der Waals surface area contributed by atoms with Crippen LogP contribution in [-0.2, 0) is 0 Å². The van der Waals surface area contributed by atoms with Gasteiger partial charge in [-0.3, -0.25) is 0 Å². The Bertz CT molecular complexity index is 736. The Balaban J connectivity index is 2.26. The molecule has 0 aliphatic rings. The first-order chi connectivity index (χ1) is 8.65. The Kier molecular flexibility index (Phi) is 2.56. The lowest BCUT2D eigenvalue weighted by atomic mass is 10.2. The molecule has 4 heteroatoms. The Hall–Kier alpha value is -1.87. The van der Waals surface area contributed by atoms with Crippen LogP contribution < -0.4 is 0 Å². The second kappa shape index (κ2) is 4.10. The highest BCUT2D eigenvalue weighted by molar-refractivity contribution is 6.31. The van der Waals surface area contributed by atoms with E-state index in [0.29, 0.717) is 21.7 Å². The van der Waals surface area contributed by atoms with Crippen LogP contribution in [0.4, 0.5) is 4.39 Å². The fourth-order valence-electron chi connectivity index (χ4n) is 1.91. The van der Waals surface area contributed by atoms with Crippen LogP contribution >= 0.6 is 11.6 Å². The van der Waals surface area contributed by atoms with Crippen LogP contribution in [-0.4, -0.2) is 4.98 Å². The zero-order valence-corrected chi connectivity index (χ0v) is 10.3. The maximum Gasteiger partial charge on any atom is 0.230 e. The van der Waals surface area contributed by atoms with Gasteiger partial charge in [-0.1, -0.05) is 23.7 Å². The van der Waals surface area contributed by atoms with Gasteiger partial charge in [0.2, 0.25) is 5.89 Å². The van der Waals surface area contributed by atoms with E-state index in [1.165, 1.54) is 6.07 Å². The predicted molar refractivity (Wildman–Crippen MR) is 69.2 cm³/mol. The minimum absolute atomic E-state index is 0.272. The average Bonchev–Trinajstić information content (AvgIpc) is 2.73. The molecule has 18 heavy (non-hydrogen) atoms. The van der Waals surface area contributed by atoms with E-state index in [-0.39, 0.29) is 11.7 Å². The van der Waals surface area contributed by atoms with Crippen molar-refractivity contribution in [2.45, 2.75) is 6.92 Å². The summed E-state index contributed by atoms with van der Waals surface area (Å²) in [7, 11) is 0. The minimum atomic E-state index is -0.354. The highest BCUT2D eigenvalue weighted by Crippen LogP contribution is 2.29. The molecule has 0 unspecified atom stereocenters. The summed E-state index contributed by atoms with van der Waals surface area (Å²) in [5.74, 6) is -0.0822. The van der Waals surface area contributed by atoms with E-state index in [0.717, 1.165) is 5.56 Å². The largest absolute Gasteiger partial charge is 0.436 e. The van der Waals surface area contributed by atoms with E-state index >= 15 is 0 Å². The molecule has 0 fully saturated rings. The standard InChI is InChI=1S/C14H9ClFNO/c1-8-6-9(15)7-12-13(8)18-14(17-12)10-4-2-3-5-11(10)16/h2-7H,1H3. The highest BCUT2D eigenvalue weighted by atomic mass is 35.5. The molecular weight excluding hydrogens is 253 g/mol. The number of rotatable bonds is 1. The lowest BCUT2D eigenvalue weighted by molar-refractivity contribution is 0.592. The third-order valence-corrected chi connectivity index (χ3v) is 2.96. The lowest BCUT2D eigenvalue weighted by Crippen LogP contribution is -1.82. The topological polar surface area (TPSA) is 26.0 Å². The van der Waals surface area contributed by atoms with Gasteiger partial charge in [-0.15, -0.1) is 0 Å². The van der Waals surface area contributed by atoms with Gasteiger partial charge in [-0.05, 0) is 36.8 Å². The monoisotopic (exact) mass is 261 g/mol. The number of hydrogen-bond acceptors (Lipinski definition) is 2. The molecule has 90 valence electrons. The summed E-state index contributed by atoms with van der Waals surface area (Å²) in [4.78, 5) is 4.27. The van der Waals surface area contributed by atoms with Crippen molar-refractivity contribution in [3.8, 4) is 11.5 Å². The molecule has 0 atom stereocenters. The minimum Gasteiger partial charge on any atom is -0.436 e. The number of halogens is 2. The third-order valence-electron chi connectivity index (χ3n) is 2.74. The number of benzene rings is 2. The van der Waals surface area contributed by atoms with Gasteiger partial charge in [0.25, 0.3) is 0 Å². The van der Waals surface area contributed by atoms with Crippen molar-refractivity contribution in [3.05, 3.63) is 52.8 Å². The van der Waals surface area contributed by atoms with Gasteiger partial charge >= 0.3 is 0 Å². The van der Waals surface area contributed by atoms with Crippen molar-refractivity contribution < 1.29 is 8.81 Å². The van der Waals surface area contributed by atoms with Crippen LogP contribution in [0.3, 0.4) is 0 Å². The zero-order chi connectivity index (χ0) is 12.7. The number of aryl methyl sites for hydroxylation is 1. The van der Waals surface area contributed by atoms with Gasteiger partial charge in [0.15, 0.2) is 5.58 Å². The summed E-state index contributed by atoms with van der Waals surface area (Å²) in [5, 5.41) is 0.591. The summed E-state index contributed by atoms with van der Waals surface area (Å²) < 4.78 is 19.3. The second-order valence-corrected chi connectivity index (χ2v) is 4.51. The molecule has 2 aromatic carbocycles. The number of nitrogens with zero attached hydrogens (tertiary/aromatic N) is 1. The molecule has 0 bridgehead atoms. The van der Waals surface area contributed by atoms with E-state index in [2.05, 4.69) is 4.98 Å². The molecule has 0 spiro atoms. The number of hydrogen-bond donors (Lipinski definition) is 0. The predicted octanol–water partition coefficient (Wildman–Crippen LogP) is 4.60. The van der Waals surface area contributed by atoms with Gasteiger partial charge in [0.1, 0.15) is 11.3 Å². The SMILES string of the molecule is Cc1cc(Cl)cc2nc(-c3ccccc3F)oc12. The molecule has 0 radical (unpaired) electrons. The molecule has 0 aliphatic heterocycles. The van der Waals surface area contributed by atoms with Crippen molar-refractivity contribution in [2.24, 2.45) is 0 Å². The number of oxazole rings is 1. The summed E-state index contributed by atoms with van der Waals surface area (Å²) >= 11 is 5.95. The first kappa shape index (κ1) is 11.2. The average molecular weight is 262 g/mol. The fourth-order valence-corrected chi connectivity index (χ4v) is 2.17. The highest BCUT2D eigenvalue weighted by Gasteiger charge is 2.13. The molecule has 3 aromatic rings. The van der Waals surface area contributed by atoms with Crippen LogP contribution in [0, 0.1) is 12.7 Å². The Morgan fingerprint density at radius 1 is 1.22 bits per heavy atom. The van der Waals surface area contributed by atoms with Gasteiger partial charge in [0, 0.05) is 5.02 Å². The molecule has 0 saturated heterocycles. The second-order valence-electron chi connectivity index (χ2n) is 4.07. The molecule has 0 aliphatic carbocycles. The summed E-state index contributed by atoms with van der Waals surface area (Å²) in [6.45, 7) is 1.88. The van der Waals surface area contributed by atoms with E-state index in [4.69, 9.17) is 16.0 Å². The van der Waals surface area contributed by atoms with E-state index < -0.39 is 0 Å². The smallest absolute Gasteiger partial charge is 0.230 e. The van der Waals surface area contributed by atoms with Crippen LogP contribution in [0.25, 0.3) is 22.6 Å². The normalized spacial score (nSPS) is 11.1. The van der Waals surface area contributed by atoms with Crippen molar-refractivity contribution >= 4 is 22.7 Å². The lowest BCUT2D eigenvalue weighted by Gasteiger charge is -1.96. The number of aromatic nitrogens is 1. The zero-order valence-electron chi connectivity index (χ0n) is 9.58. The van der Waals surface area contributed by atoms with Gasteiger partial charge in [-0.2, -0.15) is 0 Å². The van der Waals surface area contributed by atoms with E-state index in [1.807, 2.05) is 6.92 Å². The van der Waals surface area contributed by atoms with Crippen molar-refractivity contribution in [1.82, 2.24) is 4.98 Å². The molecule has 0 amide bonds. The maximum absolute atomic E-state index is 13.7. The van der Waals surface area contributed by atoms with Crippen LogP contribution in [0.2, 0.25) is 5.02 Å². The first-order valence-corrected chi connectivity index (χ1v) is 5.84.